The summed E-state index contributed by atoms with van der Waals surface area (Å²) in [7, 11) is 1.43. The minimum Gasteiger partial charge on any atom is -0.497 e. The van der Waals surface area contributed by atoms with Crippen molar-refractivity contribution < 1.29 is 13.9 Å². The maximum atomic E-state index is 13.5. The normalized spacial score (nSPS) is 12.0. The second kappa shape index (κ2) is 5.70. The molecule has 1 atom stereocenters. The lowest BCUT2D eigenvalue weighted by Crippen LogP contribution is -2.34. The van der Waals surface area contributed by atoms with Crippen molar-refractivity contribution in [1.82, 2.24) is 5.32 Å². The van der Waals surface area contributed by atoms with Gasteiger partial charge in [0.25, 0.3) is 5.91 Å². The number of hydrogen-bond donors (Lipinski definition) is 1. The highest BCUT2D eigenvalue weighted by Crippen LogP contribution is 2.16. The Bertz CT molecular complexity index is 384. The molecular formula is C11H13ClFNO2. The zero-order valence-corrected chi connectivity index (χ0v) is 9.84. The Morgan fingerprint density at radius 1 is 1.62 bits per heavy atom. The lowest BCUT2D eigenvalue weighted by atomic mass is 10.2. The summed E-state index contributed by atoms with van der Waals surface area (Å²) in [6.07, 6.45) is 0. The lowest BCUT2D eigenvalue weighted by molar-refractivity contribution is 0.0939. The predicted octanol–water partition coefficient (Wildman–Crippen LogP) is 2.19. The molecule has 1 amide bonds. The maximum absolute atomic E-state index is 13.5. The molecule has 0 fully saturated rings. The number of ether oxygens (including phenoxy) is 1. The van der Waals surface area contributed by atoms with Gasteiger partial charge in [-0.15, -0.1) is 11.6 Å². The Morgan fingerprint density at radius 2 is 2.31 bits per heavy atom. The zero-order valence-electron chi connectivity index (χ0n) is 9.09. The average Bonchev–Trinajstić information content (AvgIpc) is 2.28. The third-order valence-electron chi connectivity index (χ3n) is 2.03. The largest absolute Gasteiger partial charge is 0.497 e. The summed E-state index contributed by atoms with van der Waals surface area (Å²) < 4.78 is 18.3. The van der Waals surface area contributed by atoms with Crippen LogP contribution in [0.3, 0.4) is 0 Å². The van der Waals surface area contributed by atoms with Crippen molar-refractivity contribution in [3.05, 3.63) is 29.6 Å². The van der Waals surface area contributed by atoms with E-state index in [9.17, 15) is 9.18 Å². The van der Waals surface area contributed by atoms with Crippen molar-refractivity contribution in [3.8, 4) is 5.75 Å². The Balaban J connectivity index is 2.84. The molecule has 1 N–H and O–H groups in total. The van der Waals surface area contributed by atoms with Crippen LogP contribution < -0.4 is 10.1 Å². The molecule has 1 rings (SSSR count). The van der Waals surface area contributed by atoms with Crippen LogP contribution in [0.4, 0.5) is 4.39 Å². The molecule has 3 nitrogen and oxygen atoms in total. The summed E-state index contributed by atoms with van der Waals surface area (Å²) in [6.45, 7) is 1.74. The molecule has 0 aliphatic rings. The molecule has 0 aromatic heterocycles. The van der Waals surface area contributed by atoms with Crippen LogP contribution in [0.25, 0.3) is 0 Å². The number of methoxy groups -OCH3 is 1. The minimum atomic E-state index is -0.612. The molecule has 1 aromatic rings. The summed E-state index contributed by atoms with van der Waals surface area (Å²) in [4.78, 5) is 11.6. The van der Waals surface area contributed by atoms with Crippen LogP contribution in [0.2, 0.25) is 0 Å². The van der Waals surface area contributed by atoms with Gasteiger partial charge in [0.1, 0.15) is 11.6 Å². The van der Waals surface area contributed by atoms with E-state index in [-0.39, 0.29) is 17.5 Å². The Morgan fingerprint density at radius 3 is 2.81 bits per heavy atom. The summed E-state index contributed by atoms with van der Waals surface area (Å²) in [5.74, 6) is -0.435. The van der Waals surface area contributed by atoms with E-state index in [1.807, 2.05) is 0 Å². The van der Waals surface area contributed by atoms with Crippen LogP contribution in [-0.2, 0) is 0 Å². The molecule has 0 saturated carbocycles. The molecule has 0 bridgehead atoms. The number of halogens is 2. The van der Waals surface area contributed by atoms with Crippen LogP contribution in [0, 0.1) is 5.82 Å². The average molecular weight is 246 g/mol. The highest BCUT2D eigenvalue weighted by Gasteiger charge is 2.14. The van der Waals surface area contributed by atoms with Crippen LogP contribution in [0.15, 0.2) is 18.2 Å². The first kappa shape index (κ1) is 12.8. The van der Waals surface area contributed by atoms with Crippen molar-refractivity contribution >= 4 is 17.5 Å². The SMILES string of the molecule is COc1ccc(C(=O)NC(C)CCl)c(F)c1. The van der Waals surface area contributed by atoms with Gasteiger partial charge >= 0.3 is 0 Å². The number of alkyl halides is 1. The summed E-state index contributed by atoms with van der Waals surface area (Å²) in [5, 5.41) is 2.57. The van der Waals surface area contributed by atoms with E-state index in [4.69, 9.17) is 16.3 Å². The van der Waals surface area contributed by atoms with Crippen molar-refractivity contribution in [1.29, 1.82) is 0 Å². The quantitative estimate of drug-likeness (QED) is 0.826. The Labute approximate surface area is 98.5 Å². The van der Waals surface area contributed by atoms with Crippen LogP contribution in [0.5, 0.6) is 5.75 Å². The molecule has 16 heavy (non-hydrogen) atoms. The summed E-state index contributed by atoms with van der Waals surface area (Å²) in [5.41, 5.74) is -0.0160. The molecule has 0 aliphatic heterocycles. The first-order chi connectivity index (χ1) is 7.58. The van der Waals surface area contributed by atoms with E-state index in [1.165, 1.54) is 25.3 Å². The third kappa shape index (κ3) is 3.10. The molecule has 5 heteroatoms. The topological polar surface area (TPSA) is 38.3 Å². The molecule has 88 valence electrons. The number of rotatable bonds is 4. The Kier molecular flexibility index (Phi) is 4.55. The van der Waals surface area contributed by atoms with E-state index in [2.05, 4.69) is 5.32 Å². The fourth-order valence-electron chi connectivity index (χ4n) is 1.15. The Hall–Kier alpha value is -1.29. The fraction of sp³-hybridized carbons (Fsp3) is 0.364. The number of nitrogens with one attached hydrogen (secondary N) is 1. The van der Waals surface area contributed by atoms with Gasteiger partial charge in [-0.1, -0.05) is 0 Å². The molecule has 1 unspecified atom stereocenters. The van der Waals surface area contributed by atoms with Crippen LogP contribution in [-0.4, -0.2) is 24.9 Å². The number of carbonyl (C=O) groups excluding carboxylic acids is 1. The van der Waals surface area contributed by atoms with E-state index in [1.54, 1.807) is 6.92 Å². The first-order valence-corrected chi connectivity index (χ1v) is 5.32. The highest BCUT2D eigenvalue weighted by molar-refractivity contribution is 6.18. The number of carbonyl (C=O) groups is 1. The van der Waals surface area contributed by atoms with E-state index in [0.717, 1.165) is 0 Å². The van der Waals surface area contributed by atoms with Gasteiger partial charge in [-0.05, 0) is 19.1 Å². The molecule has 0 aliphatic carbocycles. The standard InChI is InChI=1S/C11H13ClFNO2/c1-7(6-12)14-11(15)9-4-3-8(16-2)5-10(9)13/h3-5,7H,6H2,1-2H3,(H,14,15). The molecule has 1 aromatic carbocycles. The number of hydrogen-bond acceptors (Lipinski definition) is 2. The van der Waals surface area contributed by atoms with Gasteiger partial charge < -0.3 is 10.1 Å². The second-order valence-corrected chi connectivity index (χ2v) is 3.68. The van der Waals surface area contributed by atoms with Gasteiger partial charge in [0, 0.05) is 18.0 Å². The van der Waals surface area contributed by atoms with Crippen molar-refractivity contribution in [2.24, 2.45) is 0 Å². The zero-order chi connectivity index (χ0) is 12.1. The van der Waals surface area contributed by atoms with Crippen molar-refractivity contribution in [2.75, 3.05) is 13.0 Å². The maximum Gasteiger partial charge on any atom is 0.254 e. The third-order valence-corrected chi connectivity index (χ3v) is 2.49. The van der Waals surface area contributed by atoms with Crippen LogP contribution in [0.1, 0.15) is 17.3 Å². The van der Waals surface area contributed by atoms with Crippen LogP contribution >= 0.6 is 11.6 Å². The van der Waals surface area contributed by atoms with Gasteiger partial charge in [0.15, 0.2) is 0 Å². The summed E-state index contributed by atoms with van der Waals surface area (Å²) >= 11 is 5.54. The van der Waals surface area contributed by atoms with Gasteiger partial charge in [-0.2, -0.15) is 0 Å². The number of benzene rings is 1. The fourth-order valence-corrected chi connectivity index (χ4v) is 1.22. The first-order valence-electron chi connectivity index (χ1n) is 4.79. The summed E-state index contributed by atoms with van der Waals surface area (Å²) in [6, 6.07) is 3.88. The van der Waals surface area contributed by atoms with E-state index >= 15 is 0 Å². The van der Waals surface area contributed by atoms with E-state index in [0.29, 0.717) is 5.75 Å². The van der Waals surface area contributed by atoms with Gasteiger partial charge in [-0.3, -0.25) is 4.79 Å². The number of amides is 1. The lowest BCUT2D eigenvalue weighted by Gasteiger charge is -2.11. The monoisotopic (exact) mass is 245 g/mol. The highest BCUT2D eigenvalue weighted by atomic mass is 35.5. The minimum absolute atomic E-state index is 0.0160. The molecular weight excluding hydrogens is 233 g/mol. The van der Waals surface area contributed by atoms with Gasteiger partial charge in [0.2, 0.25) is 0 Å². The smallest absolute Gasteiger partial charge is 0.254 e. The molecule has 0 radical (unpaired) electrons. The molecule has 0 heterocycles. The molecule has 0 saturated heterocycles. The molecule has 0 spiro atoms. The van der Waals surface area contributed by atoms with Gasteiger partial charge in [0.05, 0.1) is 12.7 Å². The van der Waals surface area contributed by atoms with Gasteiger partial charge in [-0.25, -0.2) is 4.39 Å². The van der Waals surface area contributed by atoms with E-state index < -0.39 is 11.7 Å². The van der Waals surface area contributed by atoms with Crippen molar-refractivity contribution in [2.45, 2.75) is 13.0 Å². The predicted molar refractivity (Wildman–Crippen MR) is 60.6 cm³/mol. The second-order valence-electron chi connectivity index (χ2n) is 3.37. The van der Waals surface area contributed by atoms with Crippen molar-refractivity contribution in [3.63, 3.8) is 0 Å².